The van der Waals surface area contributed by atoms with Crippen molar-refractivity contribution in [3.05, 3.63) is 6.42 Å². The Kier molecular flexibility index (Phi) is 2.21. The predicted octanol–water partition coefficient (Wildman–Crippen LogP) is 0.856. The van der Waals surface area contributed by atoms with E-state index >= 15 is 0 Å². The zero-order chi connectivity index (χ0) is 4.95. The highest BCUT2D eigenvalue weighted by atomic mass is 14.8. The molecule has 1 fully saturated rings. The Morgan fingerprint density at radius 3 is 3.29 bits per heavy atom. The van der Waals surface area contributed by atoms with Crippen molar-refractivity contribution in [2.24, 2.45) is 0 Å². The van der Waals surface area contributed by atoms with Crippen LogP contribution in [-0.4, -0.2) is 13.1 Å². The molecule has 0 aromatic heterocycles. The van der Waals surface area contributed by atoms with Gasteiger partial charge in [-0.25, -0.2) is 5.32 Å². The zero-order valence-corrected chi connectivity index (χ0v) is 4.48. The summed E-state index contributed by atoms with van der Waals surface area (Å²) in [4.78, 5) is 0. The smallest absolute Gasteiger partial charge is 0.0202 e. The van der Waals surface area contributed by atoms with Gasteiger partial charge in [0.2, 0.25) is 0 Å². The Balaban J connectivity index is 2.04. The van der Waals surface area contributed by atoms with Gasteiger partial charge >= 0.3 is 0 Å². The van der Waals surface area contributed by atoms with Crippen molar-refractivity contribution in [3.8, 4) is 0 Å². The Labute approximate surface area is 45.1 Å². The van der Waals surface area contributed by atoms with Gasteiger partial charge < -0.3 is 0 Å². The first-order chi connectivity index (χ1) is 3.50. The van der Waals surface area contributed by atoms with Crippen molar-refractivity contribution >= 4 is 0 Å². The molecule has 1 heteroatoms. The van der Waals surface area contributed by atoms with Gasteiger partial charge in [0.15, 0.2) is 0 Å². The average Bonchev–Trinajstić information content (AvgIpc) is 1.90. The summed E-state index contributed by atoms with van der Waals surface area (Å²) in [5.74, 6) is 0. The molecule has 1 heterocycles. The molecule has 1 saturated heterocycles. The minimum Gasteiger partial charge on any atom is -0.241 e. The Morgan fingerprint density at radius 2 is 2.29 bits per heavy atom. The van der Waals surface area contributed by atoms with E-state index in [9.17, 15) is 0 Å². The van der Waals surface area contributed by atoms with Crippen molar-refractivity contribution in [3.63, 3.8) is 0 Å². The van der Waals surface area contributed by atoms with Crippen LogP contribution in [0.4, 0.5) is 0 Å². The second kappa shape index (κ2) is 3.03. The normalized spacial score (nSPS) is 24.0. The van der Waals surface area contributed by atoms with Gasteiger partial charge in [-0.15, -0.1) is 0 Å². The van der Waals surface area contributed by atoms with Crippen LogP contribution < -0.4 is 5.32 Å². The fourth-order valence-electron chi connectivity index (χ4n) is 0.711. The van der Waals surface area contributed by atoms with Crippen molar-refractivity contribution in [1.82, 2.24) is 5.32 Å². The Morgan fingerprint density at radius 1 is 1.29 bits per heavy atom. The summed E-state index contributed by atoms with van der Waals surface area (Å²) in [5.41, 5.74) is 0. The molecule has 1 aliphatic rings. The van der Waals surface area contributed by atoms with Crippen LogP contribution in [0.3, 0.4) is 0 Å². The summed E-state index contributed by atoms with van der Waals surface area (Å²) in [6, 6.07) is 0. The van der Waals surface area contributed by atoms with Crippen LogP contribution in [0.1, 0.15) is 19.3 Å². The van der Waals surface area contributed by atoms with Crippen LogP contribution in [0.25, 0.3) is 0 Å². The van der Waals surface area contributed by atoms with E-state index in [2.05, 4.69) is 11.7 Å². The molecule has 0 aromatic carbocycles. The second-order valence-electron chi connectivity index (χ2n) is 1.81. The fourth-order valence-corrected chi connectivity index (χ4v) is 0.711. The van der Waals surface area contributed by atoms with E-state index in [0.29, 0.717) is 0 Å². The van der Waals surface area contributed by atoms with Crippen LogP contribution in [0.5, 0.6) is 0 Å². The molecule has 3 radical (unpaired) electrons. The molecule has 7 heavy (non-hydrogen) atoms. The van der Waals surface area contributed by atoms with Crippen molar-refractivity contribution in [2.45, 2.75) is 19.3 Å². The van der Waals surface area contributed by atoms with E-state index < -0.39 is 0 Å². The van der Waals surface area contributed by atoms with Crippen LogP contribution in [0, 0.1) is 6.42 Å². The summed E-state index contributed by atoms with van der Waals surface area (Å²) in [6.45, 7) is 1.94. The first-order valence-corrected chi connectivity index (χ1v) is 2.84. The maximum Gasteiger partial charge on any atom is 0.0202 e. The van der Waals surface area contributed by atoms with E-state index in [1.165, 1.54) is 12.8 Å². The highest BCUT2D eigenvalue weighted by molar-refractivity contribution is 4.70. The lowest BCUT2D eigenvalue weighted by Crippen LogP contribution is -2.03. The van der Waals surface area contributed by atoms with Crippen LogP contribution in [-0.2, 0) is 0 Å². The largest absolute Gasteiger partial charge is 0.241 e. The van der Waals surface area contributed by atoms with Crippen LogP contribution in [0.15, 0.2) is 0 Å². The van der Waals surface area contributed by atoms with Gasteiger partial charge in [-0.2, -0.15) is 0 Å². The SMILES string of the molecule is [C]1CCCC[N]C1. The average molecular weight is 96.2 g/mol. The highest BCUT2D eigenvalue weighted by Gasteiger charge is 1.96. The summed E-state index contributed by atoms with van der Waals surface area (Å²) in [6.07, 6.45) is 6.90. The van der Waals surface area contributed by atoms with E-state index in [1.54, 1.807) is 0 Å². The standard InChI is InChI=1S/C6H10N/c1-2-4-6-7-5-3-1/h1-3,5-6H2. The topological polar surface area (TPSA) is 14.1 Å². The van der Waals surface area contributed by atoms with E-state index in [0.717, 1.165) is 19.5 Å². The van der Waals surface area contributed by atoms with Gasteiger partial charge in [-0.3, -0.25) is 0 Å². The molecule has 0 amide bonds. The van der Waals surface area contributed by atoms with Crippen molar-refractivity contribution in [1.29, 1.82) is 0 Å². The van der Waals surface area contributed by atoms with Crippen LogP contribution in [0.2, 0.25) is 0 Å². The lowest BCUT2D eigenvalue weighted by Gasteiger charge is -1.87. The third-order valence-electron chi connectivity index (χ3n) is 1.14. The van der Waals surface area contributed by atoms with Crippen molar-refractivity contribution in [2.75, 3.05) is 13.1 Å². The third kappa shape index (κ3) is 1.93. The van der Waals surface area contributed by atoms with Gasteiger partial charge in [0.25, 0.3) is 0 Å². The number of hydrogen-bond donors (Lipinski definition) is 0. The third-order valence-corrected chi connectivity index (χ3v) is 1.14. The van der Waals surface area contributed by atoms with E-state index in [4.69, 9.17) is 0 Å². The van der Waals surface area contributed by atoms with Gasteiger partial charge in [-0.05, 0) is 19.3 Å². The molecule has 39 valence electrons. The molecule has 0 saturated carbocycles. The molecule has 0 bridgehead atoms. The van der Waals surface area contributed by atoms with Gasteiger partial charge in [0, 0.05) is 13.1 Å². The van der Waals surface area contributed by atoms with E-state index in [1.807, 2.05) is 0 Å². The number of rotatable bonds is 0. The minimum absolute atomic E-state index is 0.875. The summed E-state index contributed by atoms with van der Waals surface area (Å²) in [7, 11) is 0. The van der Waals surface area contributed by atoms with E-state index in [-0.39, 0.29) is 0 Å². The Hall–Kier alpha value is -0.0400. The van der Waals surface area contributed by atoms with Crippen LogP contribution >= 0.6 is 0 Å². The quantitative estimate of drug-likeness (QED) is 0.424. The summed E-state index contributed by atoms with van der Waals surface area (Å²) in [5, 5.41) is 4.16. The molecular formula is C6H10N. The molecule has 0 unspecified atom stereocenters. The molecule has 0 aliphatic carbocycles. The molecule has 0 N–H and O–H groups in total. The molecule has 0 spiro atoms. The first-order valence-electron chi connectivity index (χ1n) is 2.84. The lowest BCUT2D eigenvalue weighted by atomic mass is 10.2. The number of nitrogens with zero attached hydrogens (tertiary/aromatic N) is 1. The molecule has 0 aromatic rings. The zero-order valence-electron chi connectivity index (χ0n) is 4.48. The van der Waals surface area contributed by atoms with Gasteiger partial charge in [-0.1, -0.05) is 6.42 Å². The fraction of sp³-hybridized carbons (Fsp3) is 0.833. The second-order valence-corrected chi connectivity index (χ2v) is 1.81. The van der Waals surface area contributed by atoms with Crippen molar-refractivity contribution < 1.29 is 0 Å². The molecule has 1 aliphatic heterocycles. The summed E-state index contributed by atoms with van der Waals surface area (Å²) >= 11 is 0. The predicted molar refractivity (Wildman–Crippen MR) is 29.0 cm³/mol. The molecule has 1 rings (SSSR count). The molecule has 1 nitrogen and oxygen atoms in total. The maximum atomic E-state index is 4.16. The number of hydrogen-bond acceptors (Lipinski definition) is 0. The monoisotopic (exact) mass is 96.1 g/mol. The summed E-state index contributed by atoms with van der Waals surface area (Å²) < 4.78 is 0. The molecule has 0 atom stereocenters. The maximum absolute atomic E-state index is 4.16. The van der Waals surface area contributed by atoms with Gasteiger partial charge in [0.1, 0.15) is 0 Å². The lowest BCUT2D eigenvalue weighted by molar-refractivity contribution is 0.699. The first kappa shape index (κ1) is 5.10. The Bertz CT molecular complexity index is 23.8. The highest BCUT2D eigenvalue weighted by Crippen LogP contribution is 2.00. The molecular weight excluding hydrogens is 86.1 g/mol. The minimum atomic E-state index is 0.875. The van der Waals surface area contributed by atoms with Gasteiger partial charge in [0.05, 0.1) is 0 Å².